The first-order valence-electron chi connectivity index (χ1n) is 11.3. The Morgan fingerprint density at radius 2 is 1.31 bits per heavy atom. The van der Waals surface area contributed by atoms with Gasteiger partial charge in [0, 0.05) is 0 Å². The van der Waals surface area contributed by atoms with Crippen molar-refractivity contribution in [3.63, 3.8) is 0 Å². The van der Waals surface area contributed by atoms with Crippen LogP contribution in [0.1, 0.15) is 96.8 Å². The molecular formula is C23H44NO2+. The van der Waals surface area contributed by atoms with E-state index >= 15 is 0 Å². The van der Waals surface area contributed by atoms with Crippen molar-refractivity contribution in [1.82, 2.24) is 0 Å². The fraction of sp³-hybridized carbons (Fsp3) is 0.870. The van der Waals surface area contributed by atoms with Gasteiger partial charge in [0.05, 0.1) is 26.7 Å². The molecule has 3 nitrogen and oxygen atoms in total. The number of unbranched alkanes of at least 4 members (excludes halogenated alkanes) is 11. The lowest BCUT2D eigenvalue weighted by molar-refractivity contribution is -0.843. The zero-order valence-corrected chi connectivity index (χ0v) is 17.6. The molecule has 0 aromatic carbocycles. The van der Waals surface area contributed by atoms with E-state index in [0.29, 0.717) is 10.4 Å². The van der Waals surface area contributed by atoms with Crippen LogP contribution in [-0.2, 0) is 9.53 Å². The van der Waals surface area contributed by atoms with Gasteiger partial charge in [-0.15, -0.1) is 0 Å². The summed E-state index contributed by atoms with van der Waals surface area (Å²) in [4.78, 5) is 12.4. The van der Waals surface area contributed by atoms with Gasteiger partial charge in [-0.05, 0) is 32.1 Å². The number of carbonyl (C=O) groups is 1. The average molecular weight is 367 g/mol. The van der Waals surface area contributed by atoms with Crippen LogP contribution in [0.2, 0.25) is 0 Å². The number of quaternary nitrogens is 1. The lowest BCUT2D eigenvalue weighted by Gasteiger charge is -2.34. The molecule has 1 aliphatic rings. The van der Waals surface area contributed by atoms with Gasteiger partial charge < -0.3 is 4.74 Å². The van der Waals surface area contributed by atoms with Gasteiger partial charge in [-0.2, -0.15) is 0 Å². The summed E-state index contributed by atoms with van der Waals surface area (Å²) >= 11 is 0. The van der Waals surface area contributed by atoms with E-state index in [1.54, 1.807) is 0 Å². The first-order chi connectivity index (χ1) is 12.7. The standard InChI is InChI=1S/C23H44NO2/c1-3-4-5-6-7-8-9-10-11-12-13-14-15-16-17-18-23(25)24(2)19-21-26-22-20-24/h10-11H,3-9,12-22H2,1-2H3/q+1/b11-10-. The molecule has 0 N–H and O–H groups in total. The second-order valence-electron chi connectivity index (χ2n) is 8.18. The molecule has 1 heterocycles. The second kappa shape index (κ2) is 15.4. The van der Waals surface area contributed by atoms with Crippen LogP contribution in [0, 0.1) is 0 Å². The van der Waals surface area contributed by atoms with Gasteiger partial charge in [0.15, 0.2) is 0 Å². The number of carbonyl (C=O) groups excluding carboxylic acids is 1. The number of allylic oxidation sites excluding steroid dienone is 2. The van der Waals surface area contributed by atoms with E-state index in [2.05, 4.69) is 26.1 Å². The summed E-state index contributed by atoms with van der Waals surface area (Å²) in [7, 11) is 2.07. The quantitative estimate of drug-likeness (QED) is 0.201. The van der Waals surface area contributed by atoms with Crippen molar-refractivity contribution in [2.45, 2.75) is 96.8 Å². The number of nitrogens with zero attached hydrogens (tertiary/aromatic N) is 1. The molecule has 0 aromatic heterocycles. The van der Waals surface area contributed by atoms with Crippen molar-refractivity contribution < 1.29 is 14.0 Å². The molecule has 0 spiro atoms. The van der Waals surface area contributed by atoms with Crippen molar-refractivity contribution in [3.05, 3.63) is 12.2 Å². The Labute approximate surface area is 162 Å². The lowest BCUT2D eigenvalue weighted by Crippen LogP contribution is -2.55. The van der Waals surface area contributed by atoms with Crippen LogP contribution in [-0.4, -0.2) is 43.7 Å². The molecule has 1 rings (SSSR count). The minimum Gasteiger partial charge on any atom is -0.370 e. The van der Waals surface area contributed by atoms with Crippen LogP contribution in [0.25, 0.3) is 0 Å². The minimum absolute atomic E-state index is 0.408. The van der Waals surface area contributed by atoms with E-state index in [9.17, 15) is 4.79 Å². The number of likely N-dealkylation sites (N-methyl/N-ethyl adjacent to an activating group) is 1. The van der Waals surface area contributed by atoms with E-state index in [1.165, 1.54) is 77.0 Å². The largest absolute Gasteiger partial charge is 0.370 e. The van der Waals surface area contributed by atoms with Gasteiger partial charge in [-0.25, -0.2) is 4.79 Å². The first-order valence-corrected chi connectivity index (χ1v) is 11.3. The highest BCUT2D eigenvalue weighted by atomic mass is 16.5. The van der Waals surface area contributed by atoms with Gasteiger partial charge >= 0.3 is 5.91 Å². The Bertz CT molecular complexity index is 372. The topological polar surface area (TPSA) is 26.3 Å². The van der Waals surface area contributed by atoms with E-state index in [1.807, 2.05) is 0 Å². The second-order valence-corrected chi connectivity index (χ2v) is 8.18. The Hall–Kier alpha value is -0.670. The Morgan fingerprint density at radius 3 is 1.88 bits per heavy atom. The summed E-state index contributed by atoms with van der Waals surface area (Å²) < 4.78 is 5.96. The van der Waals surface area contributed by atoms with Crippen molar-refractivity contribution >= 4 is 5.91 Å². The SMILES string of the molecule is CCCCCCCC/C=C\CCCCCCCC(=O)[N+]1(C)CCOCC1. The van der Waals surface area contributed by atoms with Crippen molar-refractivity contribution in [3.8, 4) is 0 Å². The monoisotopic (exact) mass is 366 g/mol. The van der Waals surface area contributed by atoms with Gasteiger partial charge in [0.1, 0.15) is 13.1 Å². The number of amides is 1. The number of morpholine rings is 1. The fourth-order valence-electron chi connectivity index (χ4n) is 3.61. The Kier molecular flexibility index (Phi) is 13.8. The Morgan fingerprint density at radius 1 is 0.808 bits per heavy atom. The van der Waals surface area contributed by atoms with Crippen molar-refractivity contribution in [2.75, 3.05) is 33.4 Å². The first kappa shape index (κ1) is 23.4. The van der Waals surface area contributed by atoms with E-state index in [0.717, 1.165) is 39.1 Å². The van der Waals surface area contributed by atoms with Crippen LogP contribution in [0.3, 0.4) is 0 Å². The predicted octanol–water partition coefficient (Wildman–Crippen LogP) is 6.03. The molecule has 1 fully saturated rings. The summed E-state index contributed by atoms with van der Waals surface area (Å²) in [5, 5.41) is 0. The predicted molar refractivity (Wildman–Crippen MR) is 111 cm³/mol. The smallest absolute Gasteiger partial charge is 0.313 e. The molecule has 1 aliphatic heterocycles. The van der Waals surface area contributed by atoms with Gasteiger partial charge in [0.2, 0.25) is 0 Å². The molecule has 0 aliphatic carbocycles. The lowest BCUT2D eigenvalue weighted by atomic mass is 10.1. The third-order valence-corrected chi connectivity index (χ3v) is 5.71. The van der Waals surface area contributed by atoms with Crippen LogP contribution in [0.15, 0.2) is 12.2 Å². The highest BCUT2D eigenvalue weighted by Gasteiger charge is 2.32. The maximum absolute atomic E-state index is 12.4. The molecule has 26 heavy (non-hydrogen) atoms. The fourth-order valence-corrected chi connectivity index (χ4v) is 3.61. The maximum atomic E-state index is 12.4. The summed E-state index contributed by atoms with van der Waals surface area (Å²) in [5.41, 5.74) is 0. The molecule has 0 saturated carbocycles. The van der Waals surface area contributed by atoms with Crippen molar-refractivity contribution in [2.24, 2.45) is 0 Å². The number of rotatable bonds is 15. The summed E-state index contributed by atoms with van der Waals surface area (Å²) in [6, 6.07) is 0. The molecular weight excluding hydrogens is 322 g/mol. The highest BCUT2D eigenvalue weighted by molar-refractivity contribution is 5.68. The number of hydrogen-bond donors (Lipinski definition) is 0. The molecule has 0 radical (unpaired) electrons. The van der Waals surface area contributed by atoms with Crippen LogP contribution in [0.5, 0.6) is 0 Å². The highest BCUT2D eigenvalue weighted by Crippen LogP contribution is 2.14. The molecule has 3 heteroatoms. The summed E-state index contributed by atoms with van der Waals surface area (Å²) in [6.45, 7) is 5.44. The van der Waals surface area contributed by atoms with Crippen LogP contribution in [0.4, 0.5) is 0 Å². The van der Waals surface area contributed by atoms with E-state index in [4.69, 9.17) is 4.74 Å². The van der Waals surface area contributed by atoms with Crippen LogP contribution >= 0.6 is 0 Å². The summed E-state index contributed by atoms with van der Waals surface area (Å²) in [5.74, 6) is 0.408. The average Bonchev–Trinajstić information content (AvgIpc) is 2.65. The molecule has 0 aromatic rings. The number of ether oxygens (including phenoxy) is 1. The zero-order valence-electron chi connectivity index (χ0n) is 17.6. The molecule has 0 atom stereocenters. The molecule has 152 valence electrons. The van der Waals surface area contributed by atoms with Crippen molar-refractivity contribution in [1.29, 1.82) is 0 Å². The molecule has 0 bridgehead atoms. The third-order valence-electron chi connectivity index (χ3n) is 5.71. The van der Waals surface area contributed by atoms with Crippen LogP contribution < -0.4 is 0 Å². The maximum Gasteiger partial charge on any atom is 0.313 e. The normalized spacial score (nSPS) is 17.0. The minimum atomic E-state index is 0.408. The van der Waals surface area contributed by atoms with E-state index < -0.39 is 0 Å². The molecule has 1 saturated heterocycles. The molecule has 0 unspecified atom stereocenters. The number of hydrogen-bond acceptors (Lipinski definition) is 2. The summed E-state index contributed by atoms with van der Waals surface area (Å²) in [6.07, 6.45) is 22.4. The molecule has 1 amide bonds. The zero-order chi connectivity index (χ0) is 18.9. The van der Waals surface area contributed by atoms with Gasteiger partial charge in [0.25, 0.3) is 0 Å². The Balaban J connectivity index is 1.86. The van der Waals surface area contributed by atoms with E-state index in [-0.39, 0.29) is 0 Å². The van der Waals surface area contributed by atoms with Gasteiger partial charge in [-0.1, -0.05) is 70.4 Å². The third kappa shape index (κ3) is 11.1. The van der Waals surface area contributed by atoms with Gasteiger partial charge in [-0.3, -0.25) is 4.48 Å².